The van der Waals surface area contributed by atoms with E-state index in [0.717, 1.165) is 38.5 Å². The van der Waals surface area contributed by atoms with Crippen molar-refractivity contribution in [3.63, 3.8) is 0 Å². The molecule has 1 aliphatic rings. The lowest BCUT2D eigenvalue weighted by Gasteiger charge is -2.29. The maximum Gasteiger partial charge on any atom is 0.335 e. The molecule has 0 bridgehead atoms. The van der Waals surface area contributed by atoms with E-state index < -0.39 is 6.10 Å². The van der Waals surface area contributed by atoms with E-state index in [4.69, 9.17) is 15.2 Å². The molecule has 1 saturated carbocycles. The van der Waals surface area contributed by atoms with Gasteiger partial charge in [0.05, 0.1) is 12.7 Å². The van der Waals surface area contributed by atoms with Crippen molar-refractivity contribution in [1.82, 2.24) is 0 Å². The van der Waals surface area contributed by atoms with E-state index >= 15 is 0 Å². The molecule has 0 aromatic heterocycles. The average Bonchev–Trinajstić information content (AvgIpc) is 2.29. The first-order valence-corrected chi connectivity index (χ1v) is 6.75. The van der Waals surface area contributed by atoms with Crippen molar-refractivity contribution >= 4 is 5.97 Å². The maximum atomic E-state index is 11.7. The Hall–Kier alpha value is -0.610. The van der Waals surface area contributed by atoms with Gasteiger partial charge in [-0.2, -0.15) is 0 Å². The van der Waals surface area contributed by atoms with E-state index in [2.05, 4.69) is 0 Å². The molecule has 0 aromatic rings. The molecule has 1 rings (SSSR count). The van der Waals surface area contributed by atoms with Crippen LogP contribution in [0.25, 0.3) is 0 Å². The average molecular weight is 243 g/mol. The number of hydrogen-bond acceptors (Lipinski definition) is 4. The lowest BCUT2D eigenvalue weighted by Crippen LogP contribution is -2.37. The predicted molar refractivity (Wildman–Crippen MR) is 66.6 cm³/mol. The van der Waals surface area contributed by atoms with Gasteiger partial charge in [0.1, 0.15) is 0 Å². The summed E-state index contributed by atoms with van der Waals surface area (Å²) in [6, 6.07) is 0.221. The molecule has 1 fully saturated rings. The van der Waals surface area contributed by atoms with Gasteiger partial charge in [-0.3, -0.25) is 0 Å². The van der Waals surface area contributed by atoms with Crippen LogP contribution in [0.2, 0.25) is 0 Å². The van der Waals surface area contributed by atoms with E-state index in [-0.39, 0.29) is 18.1 Å². The fourth-order valence-corrected chi connectivity index (χ4v) is 2.28. The second kappa shape index (κ2) is 7.67. The Bertz CT molecular complexity index is 233. The van der Waals surface area contributed by atoms with Gasteiger partial charge >= 0.3 is 5.97 Å². The number of hydrogen-bond donors (Lipinski definition) is 1. The molecular formula is C13H25NO3. The van der Waals surface area contributed by atoms with Gasteiger partial charge in [0.25, 0.3) is 0 Å². The Morgan fingerprint density at radius 1 is 1.41 bits per heavy atom. The van der Waals surface area contributed by atoms with Gasteiger partial charge < -0.3 is 15.2 Å². The largest absolute Gasteiger partial charge is 0.464 e. The number of carbonyl (C=O) groups excluding carboxylic acids is 1. The van der Waals surface area contributed by atoms with Crippen molar-refractivity contribution in [1.29, 1.82) is 0 Å². The summed E-state index contributed by atoms with van der Waals surface area (Å²) in [5.74, 6) is -0.228. The number of esters is 1. The zero-order valence-electron chi connectivity index (χ0n) is 11.0. The molecule has 1 aliphatic carbocycles. The Kier molecular flexibility index (Phi) is 6.52. The van der Waals surface area contributed by atoms with Gasteiger partial charge in [-0.15, -0.1) is 0 Å². The van der Waals surface area contributed by atoms with E-state index in [1.807, 2.05) is 13.8 Å². The minimum Gasteiger partial charge on any atom is -0.464 e. The highest BCUT2D eigenvalue weighted by Gasteiger charge is 2.27. The third-order valence-corrected chi connectivity index (χ3v) is 3.12. The van der Waals surface area contributed by atoms with Gasteiger partial charge in [-0.1, -0.05) is 13.3 Å². The van der Waals surface area contributed by atoms with Crippen LogP contribution in [0.4, 0.5) is 0 Å². The molecule has 3 atom stereocenters. The zero-order chi connectivity index (χ0) is 12.7. The first kappa shape index (κ1) is 14.5. The molecule has 0 aromatic carbocycles. The van der Waals surface area contributed by atoms with E-state index in [1.165, 1.54) is 0 Å². The second-order valence-electron chi connectivity index (χ2n) is 4.71. The van der Waals surface area contributed by atoms with Gasteiger partial charge in [-0.05, 0) is 39.0 Å². The molecule has 3 unspecified atom stereocenters. The molecule has 0 radical (unpaired) electrons. The van der Waals surface area contributed by atoms with Crippen LogP contribution in [0.15, 0.2) is 0 Å². The number of rotatable bonds is 6. The van der Waals surface area contributed by atoms with Crippen LogP contribution in [0.3, 0.4) is 0 Å². The molecule has 0 saturated heterocycles. The SMILES string of the molecule is CCCC(OC1CCCC(N)C1)C(=O)OCC. The highest BCUT2D eigenvalue weighted by atomic mass is 16.6. The quantitative estimate of drug-likeness (QED) is 0.725. The molecule has 0 aliphatic heterocycles. The van der Waals surface area contributed by atoms with E-state index in [9.17, 15) is 4.79 Å². The molecule has 2 N–H and O–H groups in total. The number of carbonyl (C=O) groups is 1. The van der Waals surface area contributed by atoms with Crippen LogP contribution >= 0.6 is 0 Å². The Labute approximate surface area is 104 Å². The number of ether oxygens (including phenoxy) is 2. The first-order valence-electron chi connectivity index (χ1n) is 6.75. The minimum atomic E-state index is -0.407. The lowest BCUT2D eigenvalue weighted by molar-refractivity contribution is -0.162. The van der Waals surface area contributed by atoms with Gasteiger partial charge in [0, 0.05) is 6.04 Å². The molecular weight excluding hydrogens is 218 g/mol. The summed E-state index contributed by atoms with van der Waals surface area (Å²) in [5.41, 5.74) is 5.91. The maximum absolute atomic E-state index is 11.7. The number of nitrogens with two attached hydrogens (primary N) is 1. The Morgan fingerprint density at radius 3 is 2.76 bits per heavy atom. The highest BCUT2D eigenvalue weighted by Crippen LogP contribution is 2.22. The summed E-state index contributed by atoms with van der Waals surface area (Å²) in [6.07, 6.45) is 5.39. The van der Waals surface area contributed by atoms with Crippen LogP contribution in [0, 0.1) is 0 Å². The molecule has 0 spiro atoms. The fourth-order valence-electron chi connectivity index (χ4n) is 2.28. The standard InChI is InChI=1S/C13H25NO3/c1-3-6-12(13(15)16-4-2)17-11-8-5-7-10(14)9-11/h10-12H,3-9,14H2,1-2H3. The smallest absolute Gasteiger partial charge is 0.335 e. The van der Waals surface area contributed by atoms with E-state index in [1.54, 1.807) is 0 Å². The molecule has 0 amide bonds. The normalized spacial score (nSPS) is 26.5. The van der Waals surface area contributed by atoms with Crippen LogP contribution < -0.4 is 5.73 Å². The minimum absolute atomic E-state index is 0.125. The molecule has 0 heterocycles. The van der Waals surface area contributed by atoms with Crippen molar-refractivity contribution in [2.45, 2.75) is 70.6 Å². The van der Waals surface area contributed by atoms with Crippen LogP contribution in [-0.2, 0) is 14.3 Å². The van der Waals surface area contributed by atoms with Gasteiger partial charge in [-0.25, -0.2) is 4.79 Å². The molecule has 4 heteroatoms. The summed E-state index contributed by atoms with van der Waals surface area (Å²) < 4.78 is 10.9. The van der Waals surface area contributed by atoms with E-state index in [0.29, 0.717) is 6.61 Å². The van der Waals surface area contributed by atoms with Crippen molar-refractivity contribution in [3.05, 3.63) is 0 Å². The summed E-state index contributed by atoms with van der Waals surface area (Å²) in [5, 5.41) is 0. The van der Waals surface area contributed by atoms with Crippen molar-refractivity contribution < 1.29 is 14.3 Å². The molecule has 17 heavy (non-hydrogen) atoms. The van der Waals surface area contributed by atoms with Gasteiger partial charge in [0.15, 0.2) is 6.10 Å². The summed E-state index contributed by atoms with van der Waals surface area (Å²) >= 11 is 0. The summed E-state index contributed by atoms with van der Waals surface area (Å²) in [4.78, 5) is 11.7. The van der Waals surface area contributed by atoms with Crippen LogP contribution in [0.5, 0.6) is 0 Å². The van der Waals surface area contributed by atoms with Crippen molar-refractivity contribution in [2.24, 2.45) is 5.73 Å². The molecule has 4 nitrogen and oxygen atoms in total. The third kappa shape index (κ3) is 5.04. The first-order chi connectivity index (χ1) is 8.17. The van der Waals surface area contributed by atoms with Gasteiger partial charge in [0.2, 0.25) is 0 Å². The third-order valence-electron chi connectivity index (χ3n) is 3.12. The zero-order valence-corrected chi connectivity index (χ0v) is 11.0. The van der Waals surface area contributed by atoms with Crippen molar-refractivity contribution in [3.8, 4) is 0 Å². The topological polar surface area (TPSA) is 61.5 Å². The predicted octanol–water partition coefficient (Wildman–Crippen LogP) is 2.00. The Morgan fingerprint density at radius 2 is 2.18 bits per heavy atom. The lowest BCUT2D eigenvalue weighted by atomic mass is 9.93. The summed E-state index contributed by atoms with van der Waals surface area (Å²) in [7, 11) is 0. The summed E-state index contributed by atoms with van der Waals surface area (Å²) in [6.45, 7) is 4.27. The Balaban J connectivity index is 2.44. The highest BCUT2D eigenvalue weighted by molar-refractivity contribution is 5.74. The fraction of sp³-hybridized carbons (Fsp3) is 0.923. The van der Waals surface area contributed by atoms with Crippen LogP contribution in [-0.4, -0.2) is 30.8 Å². The van der Waals surface area contributed by atoms with Crippen molar-refractivity contribution in [2.75, 3.05) is 6.61 Å². The monoisotopic (exact) mass is 243 g/mol. The molecule has 100 valence electrons. The van der Waals surface area contributed by atoms with Crippen LogP contribution in [0.1, 0.15) is 52.4 Å². The second-order valence-corrected chi connectivity index (χ2v) is 4.71.